The Morgan fingerprint density at radius 3 is 2.34 bits per heavy atom. The summed E-state index contributed by atoms with van der Waals surface area (Å²) in [6.45, 7) is 2.04. The van der Waals surface area contributed by atoms with Crippen molar-refractivity contribution < 1.29 is 27.5 Å². The van der Waals surface area contributed by atoms with Crippen LogP contribution in [0.15, 0.2) is 53.4 Å². The molecule has 2 aromatic carbocycles. The molecule has 9 heteroatoms. The van der Waals surface area contributed by atoms with Crippen molar-refractivity contribution in [2.75, 3.05) is 19.6 Å². The van der Waals surface area contributed by atoms with Gasteiger partial charge < -0.3 is 4.74 Å². The highest BCUT2D eigenvalue weighted by molar-refractivity contribution is 7.89. The van der Waals surface area contributed by atoms with Crippen LogP contribution in [0.5, 0.6) is 5.75 Å². The van der Waals surface area contributed by atoms with Crippen LogP contribution in [0.2, 0.25) is 0 Å². The Balaban J connectivity index is 1.53. The summed E-state index contributed by atoms with van der Waals surface area (Å²) in [5.41, 5.74) is 0.426. The Morgan fingerprint density at radius 1 is 1.00 bits per heavy atom. The van der Waals surface area contributed by atoms with E-state index in [1.807, 2.05) is 0 Å². The molecular formula is C23H24N2O6S. The number of carbonyl (C=O) groups is 3. The molecule has 168 valence electrons. The first kappa shape index (κ1) is 22.2. The zero-order chi connectivity index (χ0) is 22.9. The second-order valence-electron chi connectivity index (χ2n) is 7.90. The van der Waals surface area contributed by atoms with Gasteiger partial charge in [-0.25, -0.2) is 8.42 Å². The minimum absolute atomic E-state index is 0.119. The summed E-state index contributed by atoms with van der Waals surface area (Å²) >= 11 is 0. The highest BCUT2D eigenvalue weighted by Gasteiger charge is 2.35. The lowest BCUT2D eigenvalue weighted by atomic mass is 10.1. The number of nitrogens with zero attached hydrogens (tertiary/aromatic N) is 2. The van der Waals surface area contributed by atoms with E-state index in [9.17, 15) is 22.8 Å². The maximum atomic E-state index is 12.9. The standard InChI is InChI=1S/C23H24N2O6S/c1-16-22(27)25(23(28)19-7-3-4-8-21(19)31-16)15-20(26)17-9-11-18(12-10-17)32(29,30)24-13-5-2-6-14-24/h3-4,7-12,16H,2,5-6,13-15H2,1H3. The Labute approximate surface area is 186 Å². The van der Waals surface area contributed by atoms with Crippen LogP contribution in [0, 0.1) is 0 Å². The highest BCUT2D eigenvalue weighted by atomic mass is 32.2. The number of fused-ring (bicyclic) bond motifs is 1. The monoisotopic (exact) mass is 456 g/mol. The van der Waals surface area contributed by atoms with Gasteiger partial charge in [-0.05, 0) is 56.2 Å². The first-order chi connectivity index (χ1) is 15.3. The van der Waals surface area contributed by atoms with Crippen LogP contribution in [-0.4, -0.2) is 61.0 Å². The molecule has 1 unspecified atom stereocenters. The lowest BCUT2D eigenvalue weighted by Gasteiger charge is -2.25. The van der Waals surface area contributed by atoms with Crippen LogP contribution in [0.25, 0.3) is 0 Å². The molecule has 1 saturated heterocycles. The van der Waals surface area contributed by atoms with E-state index in [1.54, 1.807) is 24.3 Å². The van der Waals surface area contributed by atoms with Crippen LogP contribution in [0.4, 0.5) is 0 Å². The van der Waals surface area contributed by atoms with Gasteiger partial charge in [-0.15, -0.1) is 0 Å². The van der Waals surface area contributed by atoms with Crippen molar-refractivity contribution in [2.24, 2.45) is 0 Å². The largest absolute Gasteiger partial charge is 0.480 e. The van der Waals surface area contributed by atoms with Crippen molar-refractivity contribution in [1.29, 1.82) is 0 Å². The maximum Gasteiger partial charge on any atom is 0.270 e. The molecule has 0 N–H and O–H groups in total. The number of hydrogen-bond acceptors (Lipinski definition) is 6. The average Bonchev–Trinajstić information content (AvgIpc) is 2.90. The molecule has 0 aliphatic carbocycles. The summed E-state index contributed by atoms with van der Waals surface area (Å²) in [7, 11) is -3.61. The summed E-state index contributed by atoms with van der Waals surface area (Å²) in [4.78, 5) is 39.5. The SMILES string of the molecule is CC1Oc2ccccc2C(=O)N(CC(=O)c2ccc(S(=O)(=O)N3CCCCC3)cc2)C1=O. The molecule has 2 aliphatic rings. The number of benzene rings is 2. The van der Waals surface area contributed by atoms with E-state index in [-0.39, 0.29) is 16.0 Å². The third-order valence-corrected chi connectivity index (χ3v) is 7.62. The number of piperidine rings is 1. The average molecular weight is 457 g/mol. The second-order valence-corrected chi connectivity index (χ2v) is 9.84. The summed E-state index contributed by atoms with van der Waals surface area (Å²) < 4.78 is 32.6. The van der Waals surface area contributed by atoms with E-state index in [0.29, 0.717) is 18.8 Å². The van der Waals surface area contributed by atoms with Crippen molar-refractivity contribution in [3.63, 3.8) is 0 Å². The van der Waals surface area contributed by atoms with Crippen molar-refractivity contribution in [3.05, 3.63) is 59.7 Å². The summed E-state index contributed by atoms with van der Waals surface area (Å²) in [5.74, 6) is -1.39. The van der Waals surface area contributed by atoms with Crippen LogP contribution in [0.3, 0.4) is 0 Å². The van der Waals surface area contributed by atoms with E-state index in [0.717, 1.165) is 24.2 Å². The lowest BCUT2D eigenvalue weighted by molar-refractivity contribution is -0.134. The van der Waals surface area contributed by atoms with Gasteiger partial charge in [0.1, 0.15) is 5.75 Å². The Morgan fingerprint density at radius 2 is 1.66 bits per heavy atom. The summed E-state index contributed by atoms with van der Waals surface area (Å²) in [6, 6.07) is 12.1. The zero-order valence-corrected chi connectivity index (χ0v) is 18.5. The van der Waals surface area contributed by atoms with Gasteiger partial charge in [0.25, 0.3) is 11.8 Å². The number of hydrogen-bond donors (Lipinski definition) is 0. The first-order valence-corrected chi connectivity index (χ1v) is 12.0. The van der Waals surface area contributed by atoms with Gasteiger partial charge in [-0.3, -0.25) is 19.3 Å². The number of ketones is 1. The number of imide groups is 1. The van der Waals surface area contributed by atoms with Gasteiger partial charge in [0.2, 0.25) is 10.0 Å². The molecule has 1 fully saturated rings. The van der Waals surface area contributed by atoms with Gasteiger partial charge in [-0.1, -0.05) is 18.6 Å². The van der Waals surface area contributed by atoms with Crippen molar-refractivity contribution in [3.8, 4) is 5.75 Å². The van der Waals surface area contributed by atoms with Crippen LogP contribution < -0.4 is 4.74 Å². The fourth-order valence-corrected chi connectivity index (χ4v) is 5.42. The second kappa shape index (κ2) is 8.84. The molecule has 32 heavy (non-hydrogen) atoms. The zero-order valence-electron chi connectivity index (χ0n) is 17.7. The molecule has 0 bridgehead atoms. The molecule has 2 heterocycles. The number of Topliss-reactive ketones (excluding diaryl/α,β-unsaturated/α-hetero) is 1. The molecule has 8 nitrogen and oxygen atoms in total. The number of para-hydroxylation sites is 1. The molecule has 0 spiro atoms. The first-order valence-electron chi connectivity index (χ1n) is 10.5. The molecule has 0 radical (unpaired) electrons. The Hall–Kier alpha value is -3.04. The molecule has 2 aromatic rings. The predicted molar refractivity (Wildman–Crippen MR) is 116 cm³/mol. The van der Waals surface area contributed by atoms with E-state index in [2.05, 4.69) is 0 Å². The number of sulfonamides is 1. The van der Waals surface area contributed by atoms with Crippen LogP contribution >= 0.6 is 0 Å². The maximum absolute atomic E-state index is 12.9. The van der Waals surface area contributed by atoms with E-state index < -0.39 is 40.3 Å². The molecule has 2 aliphatic heterocycles. The molecule has 2 amide bonds. The Bertz CT molecular complexity index is 1150. The Kier molecular flexibility index (Phi) is 6.12. The molecule has 0 saturated carbocycles. The fraction of sp³-hybridized carbons (Fsp3) is 0.348. The third-order valence-electron chi connectivity index (χ3n) is 5.71. The van der Waals surface area contributed by atoms with Gasteiger partial charge >= 0.3 is 0 Å². The molecular weight excluding hydrogens is 432 g/mol. The van der Waals surface area contributed by atoms with Gasteiger partial charge in [0.15, 0.2) is 11.9 Å². The summed E-state index contributed by atoms with van der Waals surface area (Å²) in [6.07, 6.45) is 1.76. The van der Waals surface area contributed by atoms with E-state index in [1.165, 1.54) is 35.5 Å². The van der Waals surface area contributed by atoms with Crippen LogP contribution in [0.1, 0.15) is 46.9 Å². The number of ether oxygens (including phenoxy) is 1. The smallest absolute Gasteiger partial charge is 0.270 e. The number of carbonyl (C=O) groups excluding carboxylic acids is 3. The molecule has 1 atom stereocenters. The van der Waals surface area contributed by atoms with Crippen molar-refractivity contribution in [1.82, 2.24) is 9.21 Å². The van der Waals surface area contributed by atoms with Gasteiger partial charge in [0.05, 0.1) is 17.0 Å². The van der Waals surface area contributed by atoms with Gasteiger partial charge in [-0.2, -0.15) is 4.31 Å². The molecule has 0 aromatic heterocycles. The van der Waals surface area contributed by atoms with E-state index in [4.69, 9.17) is 4.74 Å². The lowest BCUT2D eigenvalue weighted by Crippen LogP contribution is -2.44. The minimum Gasteiger partial charge on any atom is -0.480 e. The minimum atomic E-state index is -3.61. The van der Waals surface area contributed by atoms with Gasteiger partial charge in [0, 0.05) is 18.7 Å². The topological polar surface area (TPSA) is 101 Å². The quantitative estimate of drug-likeness (QED) is 0.506. The number of amides is 2. The normalized spacial score (nSPS) is 19.8. The fourth-order valence-electron chi connectivity index (χ4n) is 3.90. The third kappa shape index (κ3) is 4.18. The van der Waals surface area contributed by atoms with Crippen molar-refractivity contribution in [2.45, 2.75) is 37.2 Å². The van der Waals surface area contributed by atoms with Crippen molar-refractivity contribution >= 4 is 27.6 Å². The molecule has 4 rings (SSSR count). The predicted octanol–water partition coefficient (Wildman–Crippen LogP) is 2.49. The highest BCUT2D eigenvalue weighted by Crippen LogP contribution is 2.26. The van der Waals surface area contributed by atoms with E-state index >= 15 is 0 Å². The summed E-state index contributed by atoms with van der Waals surface area (Å²) in [5, 5.41) is 0. The van der Waals surface area contributed by atoms with Crippen LogP contribution in [-0.2, 0) is 14.8 Å². The number of rotatable bonds is 5.